The van der Waals surface area contributed by atoms with Gasteiger partial charge in [0.15, 0.2) is 5.76 Å². The van der Waals surface area contributed by atoms with Crippen LogP contribution in [0.2, 0.25) is 0 Å². The number of ether oxygens (including phenoxy) is 2. The molecule has 2 heterocycles. The molecule has 0 saturated carbocycles. The number of aryl methyl sites for hydroxylation is 2. The summed E-state index contributed by atoms with van der Waals surface area (Å²) in [4.78, 5) is 32.8. The highest BCUT2D eigenvalue weighted by molar-refractivity contribution is 7.14. The Morgan fingerprint density at radius 3 is 2.69 bits per heavy atom. The molecule has 1 atom stereocenters. The summed E-state index contributed by atoms with van der Waals surface area (Å²) in [6, 6.07) is 6.68. The van der Waals surface area contributed by atoms with Gasteiger partial charge in [-0.15, -0.1) is 11.3 Å². The van der Waals surface area contributed by atoms with Gasteiger partial charge in [0.2, 0.25) is 5.78 Å². The number of unbranched alkanes of at least 4 members (excludes halogenated alkanes) is 1. The molecule has 2 aromatic rings. The van der Waals surface area contributed by atoms with Crippen molar-refractivity contribution in [3.63, 3.8) is 0 Å². The van der Waals surface area contributed by atoms with E-state index in [1.165, 1.54) is 16.2 Å². The van der Waals surface area contributed by atoms with Crippen LogP contribution in [0.4, 0.5) is 0 Å². The zero-order chi connectivity index (χ0) is 23.3. The number of aromatic nitrogens is 1. The maximum absolute atomic E-state index is 13.5. The van der Waals surface area contributed by atoms with Crippen LogP contribution in [0.3, 0.4) is 0 Å². The number of aliphatic hydroxyl groups excluding tert-OH is 1. The number of amides is 1. The van der Waals surface area contributed by atoms with Gasteiger partial charge < -0.3 is 19.5 Å². The minimum absolute atomic E-state index is 0.0878. The number of methoxy groups -OCH3 is 1. The highest BCUT2D eigenvalue weighted by Crippen LogP contribution is 2.41. The van der Waals surface area contributed by atoms with E-state index in [0.29, 0.717) is 42.5 Å². The van der Waals surface area contributed by atoms with Crippen molar-refractivity contribution in [2.75, 3.05) is 26.9 Å². The predicted octanol–water partition coefficient (Wildman–Crippen LogP) is 4.55. The number of aliphatic hydroxyl groups is 1. The van der Waals surface area contributed by atoms with Gasteiger partial charge in [0.05, 0.1) is 33.8 Å². The summed E-state index contributed by atoms with van der Waals surface area (Å²) >= 11 is 1.27. The average Bonchev–Trinajstić information content (AvgIpc) is 3.24. The summed E-state index contributed by atoms with van der Waals surface area (Å²) in [5.74, 6) is -0.746. The van der Waals surface area contributed by atoms with Gasteiger partial charge >= 0.3 is 0 Å². The number of hydrogen-bond acceptors (Lipinski definition) is 7. The molecule has 32 heavy (non-hydrogen) atoms. The first-order valence-corrected chi connectivity index (χ1v) is 11.6. The number of carbonyl (C=O) groups excluding carboxylic acids is 2. The molecule has 1 aromatic carbocycles. The molecule has 1 aliphatic rings. The number of hydrogen-bond donors (Lipinski definition) is 1. The highest BCUT2D eigenvalue weighted by Gasteiger charge is 2.44. The Kier molecular flexibility index (Phi) is 8.04. The number of thiazole rings is 1. The Balaban J connectivity index is 2.02. The third-order valence-corrected chi connectivity index (χ3v) is 6.42. The maximum atomic E-state index is 13.5. The van der Waals surface area contributed by atoms with Gasteiger partial charge in [-0.3, -0.25) is 9.59 Å². The molecule has 1 aliphatic heterocycles. The molecule has 1 aromatic heterocycles. The van der Waals surface area contributed by atoms with Crippen molar-refractivity contribution in [1.82, 2.24) is 9.88 Å². The Morgan fingerprint density at radius 1 is 1.25 bits per heavy atom. The molecule has 0 bridgehead atoms. The molecule has 1 amide bonds. The van der Waals surface area contributed by atoms with Gasteiger partial charge in [0, 0.05) is 20.3 Å². The van der Waals surface area contributed by atoms with Crippen LogP contribution in [0, 0.1) is 13.8 Å². The van der Waals surface area contributed by atoms with Crippen LogP contribution in [0.5, 0.6) is 5.75 Å². The maximum Gasteiger partial charge on any atom is 0.290 e. The van der Waals surface area contributed by atoms with E-state index in [1.54, 1.807) is 14.0 Å². The number of benzene rings is 1. The molecule has 3 rings (SSSR count). The molecule has 0 saturated heterocycles. The van der Waals surface area contributed by atoms with Crippen molar-refractivity contribution in [2.45, 2.75) is 46.1 Å². The summed E-state index contributed by atoms with van der Waals surface area (Å²) in [7, 11) is 1.60. The van der Waals surface area contributed by atoms with Crippen LogP contribution >= 0.6 is 11.3 Å². The zero-order valence-electron chi connectivity index (χ0n) is 19.0. The predicted molar refractivity (Wildman–Crippen MR) is 123 cm³/mol. The second-order valence-electron chi connectivity index (χ2n) is 7.76. The molecule has 172 valence electrons. The fourth-order valence-electron chi connectivity index (χ4n) is 3.82. The third kappa shape index (κ3) is 5.02. The lowest BCUT2D eigenvalue weighted by Crippen LogP contribution is -2.32. The van der Waals surface area contributed by atoms with E-state index in [1.807, 2.05) is 31.2 Å². The van der Waals surface area contributed by atoms with E-state index in [9.17, 15) is 14.7 Å². The summed E-state index contributed by atoms with van der Waals surface area (Å²) in [5, 5.41) is 11.5. The highest BCUT2D eigenvalue weighted by atomic mass is 32.1. The summed E-state index contributed by atoms with van der Waals surface area (Å²) in [6.07, 6.45) is 2.54. The van der Waals surface area contributed by atoms with Crippen molar-refractivity contribution in [3.8, 4) is 5.75 Å². The van der Waals surface area contributed by atoms with Crippen LogP contribution < -0.4 is 4.74 Å². The molecule has 1 unspecified atom stereocenters. The van der Waals surface area contributed by atoms with Crippen molar-refractivity contribution in [1.29, 1.82) is 0 Å². The fraction of sp³-hybridized carbons (Fsp3) is 0.458. The number of rotatable bonds is 11. The fourth-order valence-corrected chi connectivity index (χ4v) is 4.69. The first-order valence-electron chi connectivity index (χ1n) is 10.8. The van der Waals surface area contributed by atoms with Crippen molar-refractivity contribution in [2.24, 2.45) is 0 Å². The first-order chi connectivity index (χ1) is 15.4. The summed E-state index contributed by atoms with van der Waals surface area (Å²) in [5.41, 5.74) is 1.40. The van der Waals surface area contributed by atoms with Gasteiger partial charge in [-0.05, 0) is 44.4 Å². The second-order valence-corrected chi connectivity index (χ2v) is 8.96. The normalized spacial score (nSPS) is 16.2. The third-order valence-electron chi connectivity index (χ3n) is 5.35. The lowest BCUT2D eigenvalue weighted by molar-refractivity contribution is -0.129. The Labute approximate surface area is 192 Å². The SMILES string of the molecule is CCCCOc1cccc(C2C(C(=O)c3sc(C)nc3C)=C(O)C(=O)N2CCCOC)c1. The summed E-state index contributed by atoms with van der Waals surface area (Å²) in [6.45, 7) is 7.09. The molecular formula is C24H30N2O5S. The minimum atomic E-state index is -0.705. The molecule has 0 radical (unpaired) electrons. The van der Waals surface area contributed by atoms with Gasteiger partial charge in [0.1, 0.15) is 5.75 Å². The number of carbonyl (C=O) groups is 2. The van der Waals surface area contributed by atoms with Crippen molar-refractivity contribution >= 4 is 23.0 Å². The van der Waals surface area contributed by atoms with Crippen molar-refractivity contribution in [3.05, 3.63) is 56.7 Å². The average molecular weight is 459 g/mol. The first kappa shape index (κ1) is 23.9. The number of Topliss-reactive ketones (excluding diaryl/α,β-unsaturated/α-hetero) is 1. The van der Waals surface area contributed by atoms with E-state index < -0.39 is 17.7 Å². The van der Waals surface area contributed by atoms with Crippen LogP contribution in [-0.4, -0.2) is 53.5 Å². The molecule has 8 heteroatoms. The quantitative estimate of drug-likeness (QED) is 0.392. The van der Waals surface area contributed by atoms with Gasteiger partial charge in [-0.2, -0.15) is 0 Å². The van der Waals surface area contributed by atoms with Crippen LogP contribution in [0.15, 0.2) is 35.6 Å². The van der Waals surface area contributed by atoms with Crippen LogP contribution in [0.25, 0.3) is 0 Å². The lowest BCUT2D eigenvalue weighted by Gasteiger charge is -2.27. The lowest BCUT2D eigenvalue weighted by atomic mass is 9.95. The zero-order valence-corrected chi connectivity index (χ0v) is 19.8. The second kappa shape index (κ2) is 10.7. The van der Waals surface area contributed by atoms with E-state index in [4.69, 9.17) is 9.47 Å². The smallest absolute Gasteiger partial charge is 0.290 e. The van der Waals surface area contributed by atoms with Gasteiger partial charge in [-0.25, -0.2) is 4.98 Å². The van der Waals surface area contributed by atoms with E-state index in [-0.39, 0.29) is 11.4 Å². The number of ketones is 1. The van der Waals surface area contributed by atoms with E-state index in [2.05, 4.69) is 11.9 Å². The monoisotopic (exact) mass is 458 g/mol. The Morgan fingerprint density at radius 2 is 2.03 bits per heavy atom. The summed E-state index contributed by atoms with van der Waals surface area (Å²) < 4.78 is 11.0. The Bertz CT molecular complexity index is 1010. The van der Waals surface area contributed by atoms with Crippen LogP contribution in [-0.2, 0) is 9.53 Å². The molecular weight excluding hydrogens is 428 g/mol. The van der Waals surface area contributed by atoms with Gasteiger partial charge in [0.25, 0.3) is 5.91 Å². The van der Waals surface area contributed by atoms with Crippen molar-refractivity contribution < 1.29 is 24.2 Å². The molecule has 7 nitrogen and oxygen atoms in total. The van der Waals surface area contributed by atoms with E-state index in [0.717, 1.165) is 23.4 Å². The standard InChI is InChI=1S/C24H30N2O5S/c1-5-6-13-31-18-10-7-9-17(14-18)20-19(21(27)23-15(2)25-16(3)32-23)22(28)24(29)26(20)11-8-12-30-4/h7,9-10,14,20,28H,5-6,8,11-13H2,1-4H3. The molecule has 0 fully saturated rings. The van der Waals surface area contributed by atoms with Crippen LogP contribution in [0.1, 0.15) is 58.2 Å². The molecule has 1 N–H and O–H groups in total. The topological polar surface area (TPSA) is 89.0 Å². The molecule has 0 aliphatic carbocycles. The molecule has 0 spiro atoms. The number of nitrogens with zero attached hydrogens (tertiary/aromatic N) is 2. The Hall–Kier alpha value is -2.71. The van der Waals surface area contributed by atoms with Gasteiger partial charge in [-0.1, -0.05) is 25.5 Å². The van der Waals surface area contributed by atoms with E-state index >= 15 is 0 Å². The minimum Gasteiger partial charge on any atom is -0.503 e. The largest absolute Gasteiger partial charge is 0.503 e.